The van der Waals surface area contributed by atoms with Crippen molar-refractivity contribution in [1.82, 2.24) is 9.38 Å². The number of hydrogen-bond donors (Lipinski definition) is 1. The van der Waals surface area contributed by atoms with Crippen molar-refractivity contribution in [3.05, 3.63) is 57.8 Å². The lowest BCUT2D eigenvalue weighted by atomic mass is 10.1. The number of benzene rings is 1. The fourth-order valence-corrected chi connectivity index (χ4v) is 2.75. The van der Waals surface area contributed by atoms with Crippen LogP contribution in [0.15, 0.2) is 36.5 Å². The number of aliphatic hydroxyl groups excluding tert-OH is 1. The zero-order valence-corrected chi connectivity index (χ0v) is 12.3. The third-order valence-corrected chi connectivity index (χ3v) is 3.75. The first-order chi connectivity index (χ1) is 9.60. The van der Waals surface area contributed by atoms with E-state index in [1.807, 2.05) is 35.7 Å². The van der Waals surface area contributed by atoms with Gasteiger partial charge in [0.2, 0.25) is 0 Å². The molecule has 2 heterocycles. The molecule has 0 amide bonds. The quantitative estimate of drug-likeness (QED) is 0.773. The van der Waals surface area contributed by atoms with Gasteiger partial charge in [0.15, 0.2) is 0 Å². The first kappa shape index (κ1) is 13.4. The van der Waals surface area contributed by atoms with Crippen molar-refractivity contribution < 1.29 is 5.11 Å². The largest absolute Gasteiger partial charge is 0.390 e. The molecule has 0 aliphatic rings. The summed E-state index contributed by atoms with van der Waals surface area (Å²) in [6, 6.07) is 9.16. The minimum Gasteiger partial charge on any atom is -0.390 e. The molecule has 20 heavy (non-hydrogen) atoms. The summed E-state index contributed by atoms with van der Waals surface area (Å²) in [5, 5.41) is 10.8. The Bertz CT molecular complexity index is 796. The fraction of sp³-hybridized carbons (Fsp3) is 0.133. The van der Waals surface area contributed by atoms with E-state index < -0.39 is 0 Å². The number of imidazole rings is 1. The van der Waals surface area contributed by atoms with Crippen LogP contribution in [0.3, 0.4) is 0 Å². The second-order valence-electron chi connectivity index (χ2n) is 4.62. The molecule has 0 fully saturated rings. The molecule has 0 spiro atoms. The predicted octanol–water partition coefficient (Wildman–Crippen LogP) is 4.11. The second kappa shape index (κ2) is 5.09. The van der Waals surface area contributed by atoms with Crippen LogP contribution in [0.4, 0.5) is 0 Å². The molecule has 3 rings (SSSR count). The Labute approximate surface area is 126 Å². The van der Waals surface area contributed by atoms with E-state index in [1.165, 1.54) is 0 Å². The van der Waals surface area contributed by atoms with Crippen LogP contribution in [0.2, 0.25) is 10.0 Å². The van der Waals surface area contributed by atoms with Crippen LogP contribution >= 0.6 is 23.2 Å². The maximum Gasteiger partial charge on any atom is 0.137 e. The molecule has 3 aromatic rings. The van der Waals surface area contributed by atoms with Gasteiger partial charge in [0.25, 0.3) is 0 Å². The summed E-state index contributed by atoms with van der Waals surface area (Å²) < 4.78 is 1.88. The highest BCUT2D eigenvalue weighted by Gasteiger charge is 2.15. The number of aryl methyl sites for hydroxylation is 1. The Hall–Kier alpha value is -1.55. The molecule has 0 atom stereocenters. The Morgan fingerprint density at radius 3 is 2.70 bits per heavy atom. The SMILES string of the molecule is Cc1ccc2nc(-c3ccc(Cl)cc3Cl)c(CO)n2c1. The highest BCUT2D eigenvalue weighted by Crippen LogP contribution is 2.32. The number of halogens is 2. The zero-order valence-electron chi connectivity index (χ0n) is 10.8. The van der Waals surface area contributed by atoms with E-state index in [1.54, 1.807) is 12.1 Å². The van der Waals surface area contributed by atoms with Crippen molar-refractivity contribution in [3.63, 3.8) is 0 Å². The number of aromatic nitrogens is 2. The van der Waals surface area contributed by atoms with Gasteiger partial charge in [0.1, 0.15) is 5.65 Å². The number of pyridine rings is 1. The monoisotopic (exact) mass is 306 g/mol. The van der Waals surface area contributed by atoms with E-state index in [0.29, 0.717) is 21.4 Å². The zero-order chi connectivity index (χ0) is 14.3. The summed E-state index contributed by atoms with van der Waals surface area (Å²) in [7, 11) is 0. The van der Waals surface area contributed by atoms with E-state index in [-0.39, 0.29) is 6.61 Å². The molecule has 0 aliphatic carbocycles. The maximum atomic E-state index is 9.67. The van der Waals surface area contributed by atoms with Crippen LogP contribution in [0.25, 0.3) is 16.9 Å². The summed E-state index contributed by atoms with van der Waals surface area (Å²) in [6.45, 7) is 1.88. The Morgan fingerprint density at radius 2 is 2.00 bits per heavy atom. The van der Waals surface area contributed by atoms with E-state index in [2.05, 4.69) is 4.98 Å². The number of fused-ring (bicyclic) bond motifs is 1. The van der Waals surface area contributed by atoms with Crippen molar-refractivity contribution in [2.24, 2.45) is 0 Å². The standard InChI is InChI=1S/C15H12Cl2N2O/c1-9-2-5-14-18-15(13(8-20)19(14)7-9)11-4-3-10(16)6-12(11)17/h2-7,20H,8H2,1H3. The summed E-state index contributed by atoms with van der Waals surface area (Å²) in [5.41, 5.74) is 4.04. The van der Waals surface area contributed by atoms with Gasteiger partial charge in [-0.2, -0.15) is 0 Å². The minimum atomic E-state index is -0.112. The van der Waals surface area contributed by atoms with E-state index in [9.17, 15) is 5.11 Å². The molecule has 1 N–H and O–H groups in total. The number of hydrogen-bond acceptors (Lipinski definition) is 2. The average Bonchev–Trinajstić information content (AvgIpc) is 2.76. The molecular weight excluding hydrogens is 295 g/mol. The molecule has 0 saturated carbocycles. The van der Waals surface area contributed by atoms with Gasteiger partial charge in [-0.05, 0) is 36.8 Å². The number of aliphatic hydroxyl groups is 1. The fourth-order valence-electron chi connectivity index (χ4n) is 2.25. The van der Waals surface area contributed by atoms with Crippen molar-refractivity contribution in [1.29, 1.82) is 0 Å². The van der Waals surface area contributed by atoms with Crippen LogP contribution < -0.4 is 0 Å². The van der Waals surface area contributed by atoms with Gasteiger partial charge in [-0.1, -0.05) is 29.3 Å². The lowest BCUT2D eigenvalue weighted by molar-refractivity contribution is 0.276. The Kier molecular flexibility index (Phi) is 3.42. The van der Waals surface area contributed by atoms with Crippen LogP contribution in [0.1, 0.15) is 11.3 Å². The topological polar surface area (TPSA) is 37.5 Å². The molecule has 102 valence electrons. The van der Waals surface area contributed by atoms with Crippen LogP contribution in [0.5, 0.6) is 0 Å². The van der Waals surface area contributed by atoms with Crippen molar-refractivity contribution >= 4 is 28.8 Å². The summed E-state index contributed by atoms with van der Waals surface area (Å²) in [5.74, 6) is 0. The van der Waals surface area contributed by atoms with E-state index in [0.717, 1.165) is 16.8 Å². The van der Waals surface area contributed by atoms with Gasteiger partial charge in [-0.15, -0.1) is 0 Å². The molecule has 0 saturated heterocycles. The van der Waals surface area contributed by atoms with Crippen LogP contribution in [-0.4, -0.2) is 14.5 Å². The summed E-state index contributed by atoms with van der Waals surface area (Å²) in [4.78, 5) is 4.56. The first-order valence-electron chi connectivity index (χ1n) is 6.14. The summed E-state index contributed by atoms with van der Waals surface area (Å²) >= 11 is 12.2. The molecule has 0 bridgehead atoms. The molecule has 1 aromatic carbocycles. The maximum absolute atomic E-state index is 9.67. The van der Waals surface area contributed by atoms with Crippen molar-refractivity contribution in [3.8, 4) is 11.3 Å². The third-order valence-electron chi connectivity index (χ3n) is 3.20. The molecule has 0 aliphatic heterocycles. The average molecular weight is 307 g/mol. The minimum absolute atomic E-state index is 0.112. The first-order valence-corrected chi connectivity index (χ1v) is 6.89. The van der Waals surface area contributed by atoms with Crippen LogP contribution in [-0.2, 0) is 6.61 Å². The Morgan fingerprint density at radius 1 is 1.20 bits per heavy atom. The van der Waals surface area contributed by atoms with Gasteiger partial charge in [0, 0.05) is 16.8 Å². The number of nitrogens with zero attached hydrogens (tertiary/aromatic N) is 2. The molecule has 5 heteroatoms. The highest BCUT2D eigenvalue weighted by atomic mass is 35.5. The highest BCUT2D eigenvalue weighted by molar-refractivity contribution is 6.36. The van der Waals surface area contributed by atoms with Gasteiger partial charge in [0.05, 0.1) is 23.0 Å². The third kappa shape index (κ3) is 2.18. The van der Waals surface area contributed by atoms with Crippen molar-refractivity contribution in [2.75, 3.05) is 0 Å². The van der Waals surface area contributed by atoms with Gasteiger partial charge in [-0.25, -0.2) is 4.98 Å². The van der Waals surface area contributed by atoms with Crippen LogP contribution in [0, 0.1) is 6.92 Å². The van der Waals surface area contributed by atoms with E-state index in [4.69, 9.17) is 23.2 Å². The normalized spacial score (nSPS) is 11.2. The lowest BCUT2D eigenvalue weighted by Gasteiger charge is -2.05. The van der Waals surface area contributed by atoms with Gasteiger partial charge < -0.3 is 9.51 Å². The lowest BCUT2D eigenvalue weighted by Crippen LogP contribution is -1.95. The Balaban J connectivity index is 2.30. The number of rotatable bonds is 2. The molecule has 2 aromatic heterocycles. The molecule has 3 nitrogen and oxygen atoms in total. The molecule has 0 unspecified atom stereocenters. The smallest absolute Gasteiger partial charge is 0.137 e. The second-order valence-corrected chi connectivity index (χ2v) is 5.47. The predicted molar refractivity (Wildman–Crippen MR) is 81.3 cm³/mol. The molecule has 0 radical (unpaired) electrons. The molecular formula is C15H12Cl2N2O. The van der Waals surface area contributed by atoms with Crippen molar-refractivity contribution in [2.45, 2.75) is 13.5 Å². The van der Waals surface area contributed by atoms with Gasteiger partial charge in [-0.3, -0.25) is 0 Å². The summed E-state index contributed by atoms with van der Waals surface area (Å²) in [6.07, 6.45) is 1.95. The van der Waals surface area contributed by atoms with Gasteiger partial charge >= 0.3 is 0 Å². The van der Waals surface area contributed by atoms with E-state index >= 15 is 0 Å².